The molecule has 0 saturated carbocycles. The molecule has 2 aliphatic heterocycles. The fraction of sp³-hybridized carbons (Fsp3) is 0.611. The van der Waals surface area contributed by atoms with Crippen LogP contribution in [-0.4, -0.2) is 74.5 Å². The number of rotatable bonds is 5. The normalized spacial score (nSPS) is 25.9. The Hall–Kier alpha value is -0.960. The molecule has 1 aromatic carbocycles. The van der Waals surface area contributed by atoms with Crippen molar-refractivity contribution in [2.75, 3.05) is 44.3 Å². The van der Waals surface area contributed by atoms with E-state index < -0.39 is 9.84 Å². The minimum Gasteiger partial charge on any atom is -0.371 e. The number of amides is 1. The first-order chi connectivity index (χ1) is 12.4. The summed E-state index contributed by atoms with van der Waals surface area (Å²) in [5.41, 5.74) is 1.09. The van der Waals surface area contributed by atoms with Crippen molar-refractivity contribution in [1.29, 1.82) is 0 Å². The lowest BCUT2D eigenvalue weighted by Gasteiger charge is -2.35. The van der Waals surface area contributed by atoms with Crippen LogP contribution in [-0.2, 0) is 19.4 Å². The maximum absolute atomic E-state index is 12.8. The molecule has 144 valence electrons. The average Bonchev–Trinajstić information content (AvgIpc) is 2.95. The van der Waals surface area contributed by atoms with Gasteiger partial charge in [-0.3, -0.25) is 9.69 Å². The van der Waals surface area contributed by atoms with E-state index in [9.17, 15) is 13.2 Å². The molecule has 2 unspecified atom stereocenters. The van der Waals surface area contributed by atoms with Crippen LogP contribution in [0.3, 0.4) is 0 Å². The molecule has 6 nitrogen and oxygen atoms in total. The first-order valence-corrected chi connectivity index (χ1v) is 11.6. The number of hydrogen-bond donors (Lipinski definition) is 0. The summed E-state index contributed by atoms with van der Waals surface area (Å²) in [7, 11) is -3.00. The summed E-state index contributed by atoms with van der Waals surface area (Å²) in [5, 5.41) is 0. The summed E-state index contributed by atoms with van der Waals surface area (Å²) in [6.07, 6.45) is 0.488. The van der Waals surface area contributed by atoms with E-state index in [-0.39, 0.29) is 29.6 Å². The van der Waals surface area contributed by atoms with Crippen LogP contribution in [0.2, 0.25) is 0 Å². The Morgan fingerprint density at radius 2 is 2.23 bits per heavy atom. The van der Waals surface area contributed by atoms with Gasteiger partial charge in [0.1, 0.15) is 0 Å². The highest BCUT2D eigenvalue weighted by Crippen LogP contribution is 2.25. The van der Waals surface area contributed by atoms with Crippen molar-refractivity contribution in [2.24, 2.45) is 0 Å². The average molecular weight is 445 g/mol. The first-order valence-electron chi connectivity index (χ1n) is 8.97. The van der Waals surface area contributed by atoms with E-state index in [1.54, 1.807) is 4.90 Å². The minimum absolute atomic E-state index is 0.00416. The second-order valence-corrected chi connectivity index (χ2v) is 10.0. The number of morpholine rings is 1. The van der Waals surface area contributed by atoms with Crippen LogP contribution in [0.1, 0.15) is 25.0 Å². The number of likely N-dealkylation sites (N-methyl/N-ethyl adjacent to an activating group) is 1. The summed E-state index contributed by atoms with van der Waals surface area (Å²) >= 11 is 3.48. The van der Waals surface area contributed by atoms with Crippen molar-refractivity contribution in [2.45, 2.75) is 25.5 Å². The zero-order chi connectivity index (χ0) is 18.7. The highest BCUT2D eigenvalue weighted by atomic mass is 79.9. The van der Waals surface area contributed by atoms with Crippen molar-refractivity contribution in [3.8, 4) is 0 Å². The molecule has 0 N–H and O–H groups in total. The topological polar surface area (TPSA) is 66.9 Å². The van der Waals surface area contributed by atoms with Gasteiger partial charge in [-0.2, -0.15) is 0 Å². The van der Waals surface area contributed by atoms with E-state index >= 15 is 0 Å². The second kappa shape index (κ2) is 8.37. The van der Waals surface area contributed by atoms with Crippen LogP contribution in [0, 0.1) is 0 Å². The fourth-order valence-corrected chi connectivity index (χ4v) is 5.84. The first kappa shape index (κ1) is 19.8. The fourth-order valence-electron chi connectivity index (χ4n) is 3.70. The molecule has 3 rings (SSSR count). The number of hydrogen-bond acceptors (Lipinski definition) is 5. The molecule has 1 amide bonds. The van der Waals surface area contributed by atoms with E-state index in [1.807, 2.05) is 31.2 Å². The number of benzene rings is 1. The molecule has 1 aromatic rings. The molecule has 0 spiro atoms. The van der Waals surface area contributed by atoms with Crippen LogP contribution in [0.5, 0.6) is 0 Å². The molecule has 2 saturated heterocycles. The number of carbonyl (C=O) groups is 1. The highest BCUT2D eigenvalue weighted by molar-refractivity contribution is 9.10. The van der Waals surface area contributed by atoms with E-state index in [1.165, 1.54) is 0 Å². The Morgan fingerprint density at radius 3 is 2.88 bits per heavy atom. The largest absolute Gasteiger partial charge is 0.371 e. The number of nitrogens with zero attached hydrogens (tertiary/aromatic N) is 2. The van der Waals surface area contributed by atoms with Crippen LogP contribution < -0.4 is 0 Å². The number of halogens is 1. The molecule has 2 heterocycles. The SMILES string of the molecule is CCN(C(=O)CN1CCOC(c2cccc(Br)c2)C1)C1CCS(=O)(=O)C1. The summed E-state index contributed by atoms with van der Waals surface area (Å²) in [4.78, 5) is 16.6. The maximum atomic E-state index is 12.8. The standard InChI is InChI=1S/C18H25BrN2O4S/c1-2-21(16-6-9-26(23,24)13-16)18(22)12-20-7-8-25-17(11-20)14-4-3-5-15(19)10-14/h3-5,10,16-17H,2,6-9,11-13H2,1H3. The molecule has 0 bridgehead atoms. The minimum atomic E-state index is -3.00. The Balaban J connectivity index is 1.61. The zero-order valence-electron chi connectivity index (χ0n) is 14.9. The van der Waals surface area contributed by atoms with Gasteiger partial charge in [0.05, 0.1) is 30.8 Å². The molecule has 0 radical (unpaired) electrons. The van der Waals surface area contributed by atoms with Gasteiger partial charge in [-0.1, -0.05) is 28.1 Å². The Kier molecular flexibility index (Phi) is 6.37. The van der Waals surface area contributed by atoms with Gasteiger partial charge in [-0.25, -0.2) is 8.42 Å². The molecule has 2 fully saturated rings. The number of sulfone groups is 1. The predicted octanol–water partition coefficient (Wildman–Crippen LogP) is 1.86. The van der Waals surface area contributed by atoms with Gasteiger partial charge < -0.3 is 9.64 Å². The Bertz CT molecular complexity index is 755. The molecule has 2 aliphatic rings. The molecule has 26 heavy (non-hydrogen) atoms. The van der Waals surface area contributed by atoms with Crippen LogP contribution in [0.15, 0.2) is 28.7 Å². The molecule has 2 atom stereocenters. The second-order valence-electron chi connectivity index (χ2n) is 6.89. The van der Waals surface area contributed by atoms with Crippen molar-refractivity contribution >= 4 is 31.7 Å². The monoisotopic (exact) mass is 444 g/mol. The summed E-state index contributed by atoms with van der Waals surface area (Å²) in [6, 6.07) is 7.84. The molecule has 0 aliphatic carbocycles. The van der Waals surface area contributed by atoms with Gasteiger partial charge in [-0.05, 0) is 31.0 Å². The smallest absolute Gasteiger partial charge is 0.237 e. The maximum Gasteiger partial charge on any atom is 0.237 e. The van der Waals surface area contributed by atoms with Gasteiger partial charge in [0.15, 0.2) is 9.84 Å². The lowest BCUT2D eigenvalue weighted by molar-refractivity contribution is -0.136. The van der Waals surface area contributed by atoms with E-state index in [0.717, 1.165) is 10.0 Å². The quantitative estimate of drug-likeness (QED) is 0.693. The van der Waals surface area contributed by atoms with Gasteiger partial charge in [0.25, 0.3) is 0 Å². The number of ether oxygens (including phenoxy) is 1. The van der Waals surface area contributed by atoms with Gasteiger partial charge in [0.2, 0.25) is 5.91 Å². The lowest BCUT2D eigenvalue weighted by atomic mass is 10.1. The van der Waals surface area contributed by atoms with Crippen LogP contribution in [0.25, 0.3) is 0 Å². The summed E-state index contributed by atoms with van der Waals surface area (Å²) < 4.78 is 30.3. The van der Waals surface area contributed by atoms with Crippen LogP contribution in [0.4, 0.5) is 0 Å². The Labute approximate surface area is 163 Å². The number of carbonyl (C=O) groups excluding carboxylic acids is 1. The third-order valence-electron chi connectivity index (χ3n) is 5.04. The van der Waals surface area contributed by atoms with Crippen molar-refractivity contribution < 1.29 is 17.9 Å². The predicted molar refractivity (Wildman–Crippen MR) is 104 cm³/mol. The van der Waals surface area contributed by atoms with Gasteiger partial charge in [-0.15, -0.1) is 0 Å². The van der Waals surface area contributed by atoms with Gasteiger partial charge >= 0.3 is 0 Å². The van der Waals surface area contributed by atoms with E-state index in [2.05, 4.69) is 20.8 Å². The molecular formula is C18H25BrN2O4S. The zero-order valence-corrected chi connectivity index (χ0v) is 17.3. The third-order valence-corrected chi connectivity index (χ3v) is 7.28. The van der Waals surface area contributed by atoms with Crippen molar-refractivity contribution in [3.05, 3.63) is 34.3 Å². The molecule has 8 heteroatoms. The van der Waals surface area contributed by atoms with Crippen LogP contribution >= 0.6 is 15.9 Å². The third kappa shape index (κ3) is 4.85. The summed E-state index contributed by atoms with van der Waals surface area (Å²) in [6.45, 7) is 4.69. The highest BCUT2D eigenvalue weighted by Gasteiger charge is 2.34. The summed E-state index contributed by atoms with van der Waals surface area (Å²) in [5.74, 6) is 0.282. The van der Waals surface area contributed by atoms with E-state index in [0.29, 0.717) is 39.2 Å². The van der Waals surface area contributed by atoms with Crippen molar-refractivity contribution in [1.82, 2.24) is 9.80 Å². The van der Waals surface area contributed by atoms with Gasteiger partial charge in [0, 0.05) is 30.1 Å². The molecular weight excluding hydrogens is 420 g/mol. The Morgan fingerprint density at radius 1 is 1.42 bits per heavy atom. The van der Waals surface area contributed by atoms with E-state index in [4.69, 9.17) is 4.74 Å². The molecule has 0 aromatic heterocycles. The lowest BCUT2D eigenvalue weighted by Crippen LogP contribution is -2.49. The van der Waals surface area contributed by atoms with Crippen molar-refractivity contribution in [3.63, 3.8) is 0 Å².